The first-order valence-corrected chi connectivity index (χ1v) is 7.74. The maximum Gasteiger partial charge on any atom is 0.223 e. The Morgan fingerprint density at radius 2 is 2.15 bits per heavy atom. The molecule has 1 heterocycles. The second-order valence-corrected chi connectivity index (χ2v) is 5.69. The van der Waals surface area contributed by atoms with Gasteiger partial charge >= 0.3 is 0 Å². The van der Waals surface area contributed by atoms with Crippen LogP contribution in [0.4, 0.5) is 0 Å². The second-order valence-electron chi connectivity index (χ2n) is 5.69. The lowest BCUT2D eigenvalue weighted by atomic mass is 9.92. The van der Waals surface area contributed by atoms with Gasteiger partial charge in [-0.25, -0.2) is 0 Å². The summed E-state index contributed by atoms with van der Waals surface area (Å²) in [5, 5.41) is 3.29. The van der Waals surface area contributed by atoms with E-state index in [1.807, 2.05) is 18.0 Å². The van der Waals surface area contributed by atoms with E-state index in [-0.39, 0.29) is 0 Å². The van der Waals surface area contributed by atoms with E-state index in [0.29, 0.717) is 24.3 Å². The number of likely N-dealkylation sites (tertiary alicyclic amines) is 1. The van der Waals surface area contributed by atoms with Gasteiger partial charge in [0.2, 0.25) is 5.91 Å². The molecule has 2 atom stereocenters. The highest BCUT2D eigenvalue weighted by molar-refractivity contribution is 5.77. The highest BCUT2D eigenvalue weighted by Crippen LogP contribution is 2.24. The van der Waals surface area contributed by atoms with Crippen LogP contribution in [0, 0.1) is 0 Å². The number of hydrogen-bond donors (Lipinski definition) is 1. The van der Waals surface area contributed by atoms with E-state index in [0.717, 1.165) is 25.9 Å². The summed E-state index contributed by atoms with van der Waals surface area (Å²) in [6.07, 6.45) is 3.94. The molecule has 0 aromatic heterocycles. The van der Waals surface area contributed by atoms with Crippen molar-refractivity contribution in [2.45, 2.75) is 44.6 Å². The number of amides is 1. The molecule has 3 heteroatoms. The Morgan fingerprint density at radius 3 is 2.80 bits per heavy atom. The van der Waals surface area contributed by atoms with Gasteiger partial charge in [-0.1, -0.05) is 37.3 Å². The minimum absolute atomic E-state index is 0.306. The summed E-state index contributed by atoms with van der Waals surface area (Å²) in [5.74, 6) is 0.652. The van der Waals surface area contributed by atoms with Crippen LogP contribution in [0.2, 0.25) is 0 Å². The highest BCUT2D eigenvalue weighted by atomic mass is 16.2. The first-order chi connectivity index (χ1) is 9.74. The molecule has 0 bridgehead atoms. The van der Waals surface area contributed by atoms with E-state index < -0.39 is 0 Å². The van der Waals surface area contributed by atoms with Crippen LogP contribution < -0.4 is 5.32 Å². The van der Waals surface area contributed by atoms with Crippen molar-refractivity contribution in [2.75, 3.05) is 20.1 Å². The normalized spacial score (nSPS) is 20.7. The maximum atomic E-state index is 12.5. The molecule has 0 radical (unpaired) electrons. The van der Waals surface area contributed by atoms with Gasteiger partial charge in [-0.05, 0) is 37.8 Å². The molecule has 0 aliphatic carbocycles. The van der Waals surface area contributed by atoms with E-state index >= 15 is 0 Å². The van der Waals surface area contributed by atoms with Gasteiger partial charge in [-0.2, -0.15) is 0 Å². The van der Waals surface area contributed by atoms with Crippen LogP contribution in [0.5, 0.6) is 0 Å². The smallest absolute Gasteiger partial charge is 0.223 e. The Morgan fingerprint density at radius 1 is 1.40 bits per heavy atom. The lowest BCUT2D eigenvalue weighted by Crippen LogP contribution is -2.47. The average molecular weight is 274 g/mol. The third-order valence-electron chi connectivity index (χ3n) is 4.37. The zero-order chi connectivity index (χ0) is 14.4. The summed E-state index contributed by atoms with van der Waals surface area (Å²) < 4.78 is 0. The molecule has 2 rings (SSSR count). The number of piperidine rings is 1. The lowest BCUT2D eigenvalue weighted by Gasteiger charge is -2.33. The first kappa shape index (κ1) is 15.0. The van der Waals surface area contributed by atoms with E-state index in [2.05, 4.69) is 36.5 Å². The van der Waals surface area contributed by atoms with Gasteiger partial charge in [-0.15, -0.1) is 0 Å². The summed E-state index contributed by atoms with van der Waals surface area (Å²) in [5.41, 5.74) is 1.28. The predicted molar refractivity (Wildman–Crippen MR) is 82.8 cm³/mol. The van der Waals surface area contributed by atoms with Gasteiger partial charge in [0.1, 0.15) is 0 Å². The largest absolute Gasteiger partial charge is 0.341 e. The zero-order valence-corrected chi connectivity index (χ0v) is 12.6. The summed E-state index contributed by atoms with van der Waals surface area (Å²) in [6, 6.07) is 10.9. The van der Waals surface area contributed by atoms with E-state index in [1.165, 1.54) is 12.0 Å². The van der Waals surface area contributed by atoms with Crippen LogP contribution in [0.1, 0.15) is 44.1 Å². The van der Waals surface area contributed by atoms with Crippen molar-refractivity contribution < 1.29 is 4.79 Å². The molecule has 0 spiro atoms. The van der Waals surface area contributed by atoms with Crippen LogP contribution in [-0.2, 0) is 4.79 Å². The Balaban J connectivity index is 1.95. The molecule has 1 aromatic rings. The molecule has 1 aliphatic heterocycles. The maximum absolute atomic E-state index is 12.5. The Bertz CT molecular complexity index is 418. The molecule has 0 saturated carbocycles. The van der Waals surface area contributed by atoms with Gasteiger partial charge in [0.15, 0.2) is 0 Å². The molecule has 3 nitrogen and oxygen atoms in total. The lowest BCUT2D eigenvalue weighted by molar-refractivity contribution is -0.133. The SMILES string of the molecule is CCC(CC(=O)N1CCCC(NC)C1)c1ccccc1. The molecule has 1 aromatic carbocycles. The monoisotopic (exact) mass is 274 g/mol. The number of carbonyl (C=O) groups is 1. The number of benzene rings is 1. The van der Waals surface area contributed by atoms with Gasteiger partial charge in [-0.3, -0.25) is 4.79 Å². The third kappa shape index (κ3) is 3.83. The summed E-state index contributed by atoms with van der Waals surface area (Å²) in [4.78, 5) is 14.5. The Kier molecular flexibility index (Phi) is 5.60. The quantitative estimate of drug-likeness (QED) is 0.895. The van der Waals surface area contributed by atoms with Crippen LogP contribution in [0.25, 0.3) is 0 Å². The second kappa shape index (κ2) is 7.44. The van der Waals surface area contributed by atoms with E-state index in [4.69, 9.17) is 0 Å². The molecule has 1 saturated heterocycles. The molecule has 1 amide bonds. The highest BCUT2D eigenvalue weighted by Gasteiger charge is 2.24. The number of rotatable bonds is 5. The van der Waals surface area contributed by atoms with Gasteiger partial charge in [0.25, 0.3) is 0 Å². The van der Waals surface area contributed by atoms with E-state index in [9.17, 15) is 4.79 Å². The number of nitrogens with zero attached hydrogens (tertiary/aromatic N) is 1. The summed E-state index contributed by atoms with van der Waals surface area (Å²) in [6.45, 7) is 3.94. The number of hydrogen-bond acceptors (Lipinski definition) is 2. The fourth-order valence-corrected chi connectivity index (χ4v) is 3.00. The van der Waals surface area contributed by atoms with Gasteiger partial charge in [0.05, 0.1) is 0 Å². The fourth-order valence-electron chi connectivity index (χ4n) is 3.00. The van der Waals surface area contributed by atoms with Crippen LogP contribution in [-0.4, -0.2) is 37.0 Å². The number of carbonyl (C=O) groups excluding carboxylic acids is 1. The van der Waals surface area contributed by atoms with E-state index in [1.54, 1.807) is 0 Å². The molecule has 1 fully saturated rings. The minimum atomic E-state index is 0.306. The molecule has 1 aliphatic rings. The zero-order valence-electron chi connectivity index (χ0n) is 12.6. The van der Waals surface area contributed by atoms with Crippen molar-refractivity contribution in [1.29, 1.82) is 0 Å². The molecule has 1 N–H and O–H groups in total. The Hall–Kier alpha value is -1.35. The van der Waals surface area contributed by atoms with Crippen molar-refractivity contribution >= 4 is 5.91 Å². The van der Waals surface area contributed by atoms with Crippen molar-refractivity contribution in [1.82, 2.24) is 10.2 Å². The number of likely N-dealkylation sites (N-methyl/N-ethyl adjacent to an activating group) is 1. The topological polar surface area (TPSA) is 32.3 Å². The van der Waals surface area contributed by atoms with Crippen LogP contribution >= 0.6 is 0 Å². The molecular weight excluding hydrogens is 248 g/mol. The average Bonchev–Trinajstić information content (AvgIpc) is 2.53. The predicted octanol–water partition coefficient (Wildman–Crippen LogP) is 2.78. The van der Waals surface area contributed by atoms with Crippen LogP contribution in [0.3, 0.4) is 0 Å². The minimum Gasteiger partial charge on any atom is -0.341 e. The molecule has 2 unspecified atom stereocenters. The van der Waals surface area contributed by atoms with Crippen molar-refractivity contribution in [3.63, 3.8) is 0 Å². The van der Waals surface area contributed by atoms with Crippen molar-refractivity contribution in [3.8, 4) is 0 Å². The first-order valence-electron chi connectivity index (χ1n) is 7.74. The standard InChI is InChI=1S/C17H26N2O/c1-3-14(15-8-5-4-6-9-15)12-17(20)19-11-7-10-16(13-19)18-2/h4-6,8-9,14,16,18H,3,7,10-13H2,1-2H3. The fraction of sp³-hybridized carbons (Fsp3) is 0.588. The van der Waals surface area contributed by atoms with Gasteiger partial charge < -0.3 is 10.2 Å². The molecular formula is C17H26N2O. The summed E-state index contributed by atoms with van der Waals surface area (Å²) in [7, 11) is 1.98. The van der Waals surface area contributed by atoms with Crippen molar-refractivity contribution in [2.24, 2.45) is 0 Å². The molecule has 110 valence electrons. The third-order valence-corrected chi connectivity index (χ3v) is 4.37. The van der Waals surface area contributed by atoms with Crippen LogP contribution in [0.15, 0.2) is 30.3 Å². The van der Waals surface area contributed by atoms with Gasteiger partial charge in [0, 0.05) is 25.6 Å². The number of nitrogens with one attached hydrogen (secondary N) is 1. The Labute approximate surface area is 122 Å². The summed E-state index contributed by atoms with van der Waals surface area (Å²) >= 11 is 0. The van der Waals surface area contributed by atoms with Crippen molar-refractivity contribution in [3.05, 3.63) is 35.9 Å². The molecule has 20 heavy (non-hydrogen) atoms.